The molecule has 1 fully saturated rings. The van der Waals surface area contributed by atoms with Crippen LogP contribution in [0.3, 0.4) is 0 Å². The standard InChI is InChI=1S/C9H16F3N3/c10-9(11,12)7-3-1-6(2-4-7)5-15-8(13)14/h6-7H,1-5H2,(H4,13,14,15). The lowest BCUT2D eigenvalue weighted by atomic mass is 9.82. The Morgan fingerprint density at radius 3 is 2.07 bits per heavy atom. The average Bonchev–Trinajstić information content (AvgIpc) is 2.14. The molecule has 0 saturated heterocycles. The van der Waals surface area contributed by atoms with Crippen LogP contribution < -0.4 is 11.5 Å². The number of guanidine groups is 1. The van der Waals surface area contributed by atoms with Crippen LogP contribution in [-0.4, -0.2) is 18.7 Å². The van der Waals surface area contributed by atoms with Gasteiger partial charge in [0.2, 0.25) is 0 Å². The van der Waals surface area contributed by atoms with Gasteiger partial charge in [-0.3, -0.25) is 4.99 Å². The van der Waals surface area contributed by atoms with E-state index in [0.717, 1.165) is 0 Å². The van der Waals surface area contributed by atoms with Crippen molar-refractivity contribution in [3.8, 4) is 0 Å². The van der Waals surface area contributed by atoms with Gasteiger partial charge in [-0.1, -0.05) is 0 Å². The normalized spacial score (nSPS) is 27.4. The van der Waals surface area contributed by atoms with Crippen LogP contribution in [0.2, 0.25) is 0 Å². The second kappa shape index (κ2) is 4.72. The minimum absolute atomic E-state index is 0.00736. The summed E-state index contributed by atoms with van der Waals surface area (Å²) in [5.74, 6) is -0.924. The average molecular weight is 223 g/mol. The third-order valence-corrected chi connectivity index (χ3v) is 2.84. The Bertz CT molecular complexity index is 225. The van der Waals surface area contributed by atoms with E-state index in [1.165, 1.54) is 0 Å². The molecule has 0 unspecified atom stereocenters. The van der Waals surface area contributed by atoms with Crippen molar-refractivity contribution in [3.05, 3.63) is 0 Å². The molecule has 1 aliphatic carbocycles. The van der Waals surface area contributed by atoms with Gasteiger partial charge in [0.15, 0.2) is 5.96 Å². The van der Waals surface area contributed by atoms with Crippen LogP contribution in [0.25, 0.3) is 0 Å². The van der Waals surface area contributed by atoms with Crippen LogP contribution in [0, 0.1) is 11.8 Å². The third-order valence-electron chi connectivity index (χ3n) is 2.84. The molecule has 15 heavy (non-hydrogen) atoms. The van der Waals surface area contributed by atoms with Crippen LogP contribution in [0.4, 0.5) is 13.2 Å². The van der Waals surface area contributed by atoms with Crippen molar-refractivity contribution < 1.29 is 13.2 Å². The zero-order chi connectivity index (χ0) is 11.5. The van der Waals surface area contributed by atoms with Crippen molar-refractivity contribution in [3.63, 3.8) is 0 Å². The quantitative estimate of drug-likeness (QED) is 0.552. The number of hydrogen-bond donors (Lipinski definition) is 2. The van der Waals surface area contributed by atoms with Crippen molar-refractivity contribution in [2.75, 3.05) is 6.54 Å². The van der Waals surface area contributed by atoms with Gasteiger partial charge in [0.05, 0.1) is 5.92 Å². The molecule has 6 heteroatoms. The molecule has 3 nitrogen and oxygen atoms in total. The molecule has 1 rings (SSSR count). The molecule has 0 radical (unpaired) electrons. The summed E-state index contributed by atoms with van der Waals surface area (Å²) in [6.45, 7) is 0.451. The fourth-order valence-electron chi connectivity index (χ4n) is 1.91. The van der Waals surface area contributed by atoms with E-state index < -0.39 is 12.1 Å². The zero-order valence-corrected chi connectivity index (χ0v) is 8.43. The summed E-state index contributed by atoms with van der Waals surface area (Å²) in [6, 6.07) is 0. The third kappa shape index (κ3) is 3.97. The highest BCUT2D eigenvalue weighted by Crippen LogP contribution is 2.39. The number of nitrogens with two attached hydrogens (primary N) is 2. The Morgan fingerprint density at radius 1 is 1.13 bits per heavy atom. The first kappa shape index (κ1) is 12.1. The van der Waals surface area contributed by atoms with Gasteiger partial charge in [0.25, 0.3) is 0 Å². The van der Waals surface area contributed by atoms with Crippen molar-refractivity contribution >= 4 is 5.96 Å². The zero-order valence-electron chi connectivity index (χ0n) is 8.43. The second-order valence-corrected chi connectivity index (χ2v) is 4.02. The van der Waals surface area contributed by atoms with Gasteiger partial charge in [-0.05, 0) is 31.6 Å². The molecule has 0 heterocycles. The van der Waals surface area contributed by atoms with Gasteiger partial charge in [-0.25, -0.2) is 0 Å². The van der Waals surface area contributed by atoms with Crippen molar-refractivity contribution in [1.82, 2.24) is 0 Å². The Kier molecular flexibility index (Phi) is 3.82. The molecule has 0 spiro atoms. The van der Waals surface area contributed by atoms with Crippen LogP contribution in [0.1, 0.15) is 25.7 Å². The molecule has 0 aliphatic heterocycles. The summed E-state index contributed by atoms with van der Waals surface area (Å²) < 4.78 is 36.9. The fourth-order valence-corrected chi connectivity index (χ4v) is 1.91. The van der Waals surface area contributed by atoms with E-state index in [1.54, 1.807) is 0 Å². The van der Waals surface area contributed by atoms with E-state index in [1.807, 2.05) is 0 Å². The molecule has 4 N–H and O–H groups in total. The van der Waals surface area contributed by atoms with E-state index >= 15 is 0 Å². The summed E-state index contributed by atoms with van der Waals surface area (Å²) in [4.78, 5) is 3.83. The number of hydrogen-bond acceptors (Lipinski definition) is 1. The lowest BCUT2D eigenvalue weighted by molar-refractivity contribution is -0.183. The molecular weight excluding hydrogens is 207 g/mol. The van der Waals surface area contributed by atoms with Crippen LogP contribution in [0.5, 0.6) is 0 Å². The molecular formula is C9H16F3N3. The van der Waals surface area contributed by atoms with Gasteiger partial charge in [-0.15, -0.1) is 0 Å². The van der Waals surface area contributed by atoms with Crippen molar-refractivity contribution in [1.29, 1.82) is 0 Å². The molecule has 0 atom stereocenters. The topological polar surface area (TPSA) is 64.4 Å². The highest BCUT2D eigenvalue weighted by Gasteiger charge is 2.41. The van der Waals surface area contributed by atoms with E-state index in [4.69, 9.17) is 11.5 Å². The first-order valence-electron chi connectivity index (χ1n) is 5.01. The first-order chi connectivity index (χ1) is 6.89. The van der Waals surface area contributed by atoms with E-state index in [9.17, 15) is 13.2 Å². The van der Waals surface area contributed by atoms with Gasteiger partial charge >= 0.3 is 6.18 Å². The van der Waals surface area contributed by atoms with E-state index in [-0.39, 0.29) is 24.7 Å². The van der Waals surface area contributed by atoms with Gasteiger partial charge in [-0.2, -0.15) is 13.2 Å². The molecule has 0 aromatic carbocycles. The molecule has 0 aromatic heterocycles. The Morgan fingerprint density at radius 2 is 1.67 bits per heavy atom. The lowest BCUT2D eigenvalue weighted by Crippen LogP contribution is -2.29. The molecule has 1 aliphatic rings. The van der Waals surface area contributed by atoms with E-state index in [2.05, 4.69) is 4.99 Å². The van der Waals surface area contributed by atoms with Gasteiger partial charge in [0.1, 0.15) is 0 Å². The highest BCUT2D eigenvalue weighted by atomic mass is 19.4. The summed E-state index contributed by atoms with van der Waals surface area (Å²) in [6.07, 6.45) is -2.52. The highest BCUT2D eigenvalue weighted by molar-refractivity contribution is 5.75. The number of aliphatic imine (C=N–C) groups is 1. The minimum atomic E-state index is -4.04. The maximum atomic E-state index is 12.3. The molecule has 0 amide bonds. The summed E-state index contributed by atoms with van der Waals surface area (Å²) in [5.41, 5.74) is 10.3. The summed E-state index contributed by atoms with van der Waals surface area (Å²) in [5, 5.41) is 0. The Hall–Kier alpha value is -0.940. The lowest BCUT2D eigenvalue weighted by Gasteiger charge is -2.28. The number of alkyl halides is 3. The largest absolute Gasteiger partial charge is 0.391 e. The maximum Gasteiger partial charge on any atom is 0.391 e. The predicted octanol–water partition coefficient (Wildman–Crippen LogP) is 1.63. The van der Waals surface area contributed by atoms with Crippen LogP contribution >= 0.6 is 0 Å². The second-order valence-electron chi connectivity index (χ2n) is 4.02. The number of rotatable bonds is 2. The molecule has 0 bridgehead atoms. The SMILES string of the molecule is NC(N)=NCC1CCC(C(F)(F)F)CC1. The van der Waals surface area contributed by atoms with Gasteiger partial charge in [0, 0.05) is 6.54 Å². The fraction of sp³-hybridized carbons (Fsp3) is 0.889. The summed E-state index contributed by atoms with van der Waals surface area (Å²) in [7, 11) is 0. The van der Waals surface area contributed by atoms with Crippen LogP contribution in [-0.2, 0) is 0 Å². The predicted molar refractivity (Wildman–Crippen MR) is 52.2 cm³/mol. The number of halogens is 3. The van der Waals surface area contributed by atoms with E-state index in [0.29, 0.717) is 19.4 Å². The smallest absolute Gasteiger partial charge is 0.370 e. The molecule has 0 aromatic rings. The van der Waals surface area contributed by atoms with Gasteiger partial charge < -0.3 is 11.5 Å². The molecule has 88 valence electrons. The monoisotopic (exact) mass is 223 g/mol. The Labute approximate surface area is 86.7 Å². The summed E-state index contributed by atoms with van der Waals surface area (Å²) >= 11 is 0. The number of nitrogens with zero attached hydrogens (tertiary/aromatic N) is 1. The van der Waals surface area contributed by atoms with Crippen LogP contribution in [0.15, 0.2) is 4.99 Å². The van der Waals surface area contributed by atoms with Crippen molar-refractivity contribution in [2.24, 2.45) is 28.3 Å². The first-order valence-corrected chi connectivity index (χ1v) is 5.01. The molecule has 1 saturated carbocycles. The van der Waals surface area contributed by atoms with Crippen molar-refractivity contribution in [2.45, 2.75) is 31.9 Å². The Balaban J connectivity index is 2.33. The minimum Gasteiger partial charge on any atom is -0.370 e. The maximum absolute atomic E-state index is 12.3.